The number of hydrogen-bond acceptors (Lipinski definition) is 2. The zero-order valence-corrected chi connectivity index (χ0v) is 12.5. The molecular formula is C18H25NO. The smallest absolute Gasteiger partial charge is 0.0593 e. The molecule has 1 unspecified atom stereocenters. The molecule has 0 aliphatic rings. The highest BCUT2D eigenvalue weighted by Crippen LogP contribution is 2.20. The van der Waals surface area contributed by atoms with Crippen molar-refractivity contribution in [2.75, 3.05) is 19.6 Å². The lowest BCUT2D eigenvalue weighted by Gasteiger charge is -2.20. The van der Waals surface area contributed by atoms with Crippen LogP contribution in [0, 0.1) is 0 Å². The normalized spacial score (nSPS) is 13.0. The fourth-order valence-electron chi connectivity index (χ4n) is 2.70. The average Bonchev–Trinajstić information content (AvgIpc) is 2.49. The first-order valence-corrected chi connectivity index (χ1v) is 7.61. The number of aliphatic hydroxyl groups excluding tert-OH is 1. The van der Waals surface area contributed by atoms with Gasteiger partial charge in [-0.15, -0.1) is 0 Å². The summed E-state index contributed by atoms with van der Waals surface area (Å²) >= 11 is 0. The Labute approximate surface area is 122 Å². The first-order chi connectivity index (χ1) is 9.74. The Kier molecular flexibility index (Phi) is 5.57. The molecule has 108 valence electrons. The summed E-state index contributed by atoms with van der Waals surface area (Å²) in [5, 5.41) is 12.8. The van der Waals surface area contributed by atoms with Crippen LogP contribution in [0.2, 0.25) is 0 Å². The summed E-state index contributed by atoms with van der Waals surface area (Å²) in [6, 6.07) is 14.7. The largest absolute Gasteiger partial charge is 0.393 e. The second kappa shape index (κ2) is 7.41. The van der Waals surface area contributed by atoms with Crippen LogP contribution >= 0.6 is 0 Å². The average molecular weight is 271 g/mol. The van der Waals surface area contributed by atoms with Crippen molar-refractivity contribution in [1.82, 2.24) is 4.90 Å². The standard InChI is InChI=1S/C18H25NO/c1-3-19(4-2)13-12-17(20)14-16-10-7-9-15-8-5-6-11-18(15)16/h5-11,17,20H,3-4,12-14H2,1-2H3. The lowest BCUT2D eigenvalue weighted by Crippen LogP contribution is -2.27. The third kappa shape index (κ3) is 3.81. The van der Waals surface area contributed by atoms with Gasteiger partial charge >= 0.3 is 0 Å². The Morgan fingerprint density at radius 2 is 1.70 bits per heavy atom. The van der Waals surface area contributed by atoms with Crippen LogP contribution in [-0.2, 0) is 6.42 Å². The lowest BCUT2D eigenvalue weighted by atomic mass is 9.99. The molecule has 2 nitrogen and oxygen atoms in total. The van der Waals surface area contributed by atoms with Gasteiger partial charge in [0.15, 0.2) is 0 Å². The number of aliphatic hydroxyl groups is 1. The molecule has 0 radical (unpaired) electrons. The molecule has 0 spiro atoms. The predicted molar refractivity (Wildman–Crippen MR) is 86.1 cm³/mol. The van der Waals surface area contributed by atoms with Crippen molar-refractivity contribution in [3.8, 4) is 0 Å². The van der Waals surface area contributed by atoms with E-state index in [0.29, 0.717) is 0 Å². The molecular weight excluding hydrogens is 246 g/mol. The number of nitrogens with zero attached hydrogens (tertiary/aromatic N) is 1. The van der Waals surface area contributed by atoms with E-state index in [9.17, 15) is 5.11 Å². The van der Waals surface area contributed by atoms with Crippen LogP contribution in [0.1, 0.15) is 25.8 Å². The zero-order valence-electron chi connectivity index (χ0n) is 12.5. The second-order valence-corrected chi connectivity index (χ2v) is 5.31. The van der Waals surface area contributed by atoms with E-state index < -0.39 is 0 Å². The number of fused-ring (bicyclic) bond motifs is 1. The first kappa shape index (κ1) is 15.0. The molecule has 20 heavy (non-hydrogen) atoms. The Morgan fingerprint density at radius 1 is 1.00 bits per heavy atom. The molecule has 0 saturated heterocycles. The van der Waals surface area contributed by atoms with Crippen LogP contribution in [0.15, 0.2) is 42.5 Å². The van der Waals surface area contributed by atoms with Gasteiger partial charge in [-0.2, -0.15) is 0 Å². The van der Waals surface area contributed by atoms with Gasteiger partial charge in [0.1, 0.15) is 0 Å². The maximum Gasteiger partial charge on any atom is 0.0593 e. The topological polar surface area (TPSA) is 23.5 Å². The number of hydrogen-bond donors (Lipinski definition) is 1. The van der Waals surface area contributed by atoms with E-state index in [2.05, 4.69) is 61.2 Å². The van der Waals surface area contributed by atoms with Gasteiger partial charge in [-0.3, -0.25) is 0 Å². The fraction of sp³-hybridized carbons (Fsp3) is 0.444. The summed E-state index contributed by atoms with van der Waals surface area (Å²) in [5.74, 6) is 0. The van der Waals surface area contributed by atoms with Gasteiger partial charge in [-0.25, -0.2) is 0 Å². The van der Waals surface area contributed by atoms with Crippen molar-refractivity contribution in [2.24, 2.45) is 0 Å². The van der Waals surface area contributed by atoms with Gasteiger partial charge in [-0.1, -0.05) is 56.3 Å². The minimum Gasteiger partial charge on any atom is -0.393 e. The Balaban J connectivity index is 2.01. The number of benzene rings is 2. The van der Waals surface area contributed by atoms with Crippen LogP contribution in [-0.4, -0.2) is 35.7 Å². The molecule has 0 aromatic heterocycles. The van der Waals surface area contributed by atoms with Crippen LogP contribution in [0.4, 0.5) is 0 Å². The summed E-state index contributed by atoms with van der Waals surface area (Å²) < 4.78 is 0. The van der Waals surface area contributed by atoms with Crippen molar-refractivity contribution in [1.29, 1.82) is 0 Å². The van der Waals surface area contributed by atoms with E-state index in [1.807, 2.05) is 0 Å². The van der Waals surface area contributed by atoms with Crippen molar-refractivity contribution < 1.29 is 5.11 Å². The van der Waals surface area contributed by atoms with Gasteiger partial charge in [0, 0.05) is 6.54 Å². The van der Waals surface area contributed by atoms with Crippen molar-refractivity contribution >= 4 is 10.8 Å². The SMILES string of the molecule is CCN(CC)CCC(O)Cc1cccc2ccccc12. The van der Waals surface area contributed by atoms with Crippen molar-refractivity contribution in [3.05, 3.63) is 48.0 Å². The van der Waals surface area contributed by atoms with Gasteiger partial charge < -0.3 is 10.0 Å². The van der Waals surface area contributed by atoms with Gasteiger partial charge in [0.05, 0.1) is 6.10 Å². The summed E-state index contributed by atoms with van der Waals surface area (Å²) in [6.07, 6.45) is 1.31. The van der Waals surface area contributed by atoms with E-state index in [-0.39, 0.29) is 6.10 Å². The molecule has 0 aliphatic carbocycles. The third-order valence-corrected chi connectivity index (χ3v) is 4.01. The van der Waals surface area contributed by atoms with E-state index in [1.54, 1.807) is 0 Å². The van der Waals surface area contributed by atoms with Crippen LogP contribution in [0.3, 0.4) is 0 Å². The van der Waals surface area contributed by atoms with E-state index in [0.717, 1.165) is 32.5 Å². The second-order valence-electron chi connectivity index (χ2n) is 5.31. The van der Waals surface area contributed by atoms with E-state index >= 15 is 0 Å². The molecule has 2 aromatic rings. The molecule has 0 heterocycles. The van der Waals surface area contributed by atoms with E-state index in [1.165, 1.54) is 16.3 Å². The van der Waals surface area contributed by atoms with Crippen molar-refractivity contribution in [3.63, 3.8) is 0 Å². The van der Waals surface area contributed by atoms with Gasteiger partial charge in [-0.05, 0) is 42.3 Å². The Bertz CT molecular complexity index is 528. The summed E-state index contributed by atoms with van der Waals surface area (Å²) in [5.41, 5.74) is 1.25. The highest BCUT2D eigenvalue weighted by Gasteiger charge is 2.10. The predicted octanol–water partition coefficient (Wildman–Crippen LogP) is 3.48. The number of rotatable bonds is 7. The first-order valence-electron chi connectivity index (χ1n) is 7.61. The summed E-state index contributed by atoms with van der Waals surface area (Å²) in [6.45, 7) is 7.41. The minimum absolute atomic E-state index is 0.263. The molecule has 1 atom stereocenters. The molecule has 2 heteroatoms. The zero-order chi connectivity index (χ0) is 14.4. The fourth-order valence-corrected chi connectivity index (χ4v) is 2.70. The molecule has 0 aliphatic heterocycles. The molecule has 2 aromatic carbocycles. The maximum absolute atomic E-state index is 10.3. The Morgan fingerprint density at radius 3 is 2.45 bits per heavy atom. The van der Waals surface area contributed by atoms with Crippen LogP contribution in [0.5, 0.6) is 0 Å². The highest BCUT2D eigenvalue weighted by molar-refractivity contribution is 5.85. The molecule has 0 fully saturated rings. The van der Waals surface area contributed by atoms with Crippen molar-refractivity contribution in [2.45, 2.75) is 32.8 Å². The summed E-state index contributed by atoms with van der Waals surface area (Å²) in [4.78, 5) is 2.35. The minimum atomic E-state index is -0.263. The third-order valence-electron chi connectivity index (χ3n) is 4.01. The molecule has 1 N–H and O–H groups in total. The molecule has 0 saturated carbocycles. The molecule has 2 rings (SSSR count). The summed E-state index contributed by atoms with van der Waals surface area (Å²) in [7, 11) is 0. The van der Waals surface area contributed by atoms with Crippen LogP contribution < -0.4 is 0 Å². The highest BCUT2D eigenvalue weighted by atomic mass is 16.3. The quantitative estimate of drug-likeness (QED) is 0.833. The Hall–Kier alpha value is -1.38. The molecule has 0 bridgehead atoms. The maximum atomic E-state index is 10.3. The lowest BCUT2D eigenvalue weighted by molar-refractivity contribution is 0.144. The monoisotopic (exact) mass is 271 g/mol. The van der Waals surface area contributed by atoms with Gasteiger partial charge in [0.25, 0.3) is 0 Å². The van der Waals surface area contributed by atoms with E-state index in [4.69, 9.17) is 0 Å². The van der Waals surface area contributed by atoms with Gasteiger partial charge in [0.2, 0.25) is 0 Å². The van der Waals surface area contributed by atoms with Crippen LogP contribution in [0.25, 0.3) is 10.8 Å². The molecule has 0 amide bonds.